The summed E-state index contributed by atoms with van der Waals surface area (Å²) >= 11 is 3.68. The SMILES string of the molecule is CCCCSCCOC(F)(F)C(F)Br. The zero-order valence-corrected chi connectivity index (χ0v) is 10.3. The summed E-state index contributed by atoms with van der Waals surface area (Å²) in [4.78, 5) is 0. The number of thioether (sulfide) groups is 1. The van der Waals surface area contributed by atoms with Crippen LogP contribution < -0.4 is 0 Å². The van der Waals surface area contributed by atoms with Crippen LogP contribution >= 0.6 is 27.7 Å². The average molecular weight is 295 g/mol. The molecular weight excluding hydrogens is 281 g/mol. The second kappa shape index (κ2) is 7.82. The topological polar surface area (TPSA) is 9.23 Å². The van der Waals surface area contributed by atoms with Crippen molar-refractivity contribution in [2.24, 2.45) is 0 Å². The average Bonchev–Trinajstić information content (AvgIpc) is 2.10. The number of rotatable bonds is 8. The van der Waals surface area contributed by atoms with Gasteiger partial charge in [-0.05, 0) is 28.1 Å². The molecule has 0 aromatic heterocycles. The van der Waals surface area contributed by atoms with Gasteiger partial charge in [-0.15, -0.1) is 0 Å². The fourth-order valence-electron chi connectivity index (χ4n) is 0.648. The normalized spacial score (nSPS) is 14.4. The highest BCUT2D eigenvalue weighted by atomic mass is 79.9. The zero-order valence-electron chi connectivity index (χ0n) is 7.94. The van der Waals surface area contributed by atoms with Gasteiger partial charge in [0.15, 0.2) is 0 Å². The monoisotopic (exact) mass is 294 g/mol. The van der Waals surface area contributed by atoms with Gasteiger partial charge in [0.2, 0.25) is 5.08 Å². The van der Waals surface area contributed by atoms with Crippen molar-refractivity contribution in [1.82, 2.24) is 0 Å². The number of alkyl halides is 4. The zero-order chi connectivity index (χ0) is 11.0. The Hall–Kier alpha value is 0.580. The maximum atomic E-state index is 12.5. The Morgan fingerprint density at radius 1 is 1.43 bits per heavy atom. The van der Waals surface area contributed by atoms with Gasteiger partial charge in [0.05, 0.1) is 6.61 Å². The van der Waals surface area contributed by atoms with Crippen LogP contribution in [0.4, 0.5) is 13.2 Å². The molecule has 0 radical (unpaired) electrons. The molecule has 1 nitrogen and oxygen atoms in total. The third kappa shape index (κ3) is 6.95. The lowest BCUT2D eigenvalue weighted by molar-refractivity contribution is -0.250. The Morgan fingerprint density at radius 2 is 2.07 bits per heavy atom. The number of unbranched alkanes of at least 4 members (excludes halogenated alkanes) is 1. The summed E-state index contributed by atoms with van der Waals surface area (Å²) in [6.07, 6.45) is -1.57. The van der Waals surface area contributed by atoms with Gasteiger partial charge < -0.3 is 4.74 Å². The lowest BCUT2D eigenvalue weighted by Crippen LogP contribution is -2.29. The smallest absolute Gasteiger partial charge is 0.317 e. The minimum absolute atomic E-state index is 0.132. The Bertz CT molecular complexity index is 147. The van der Waals surface area contributed by atoms with Crippen LogP contribution in [0.1, 0.15) is 19.8 Å². The third-order valence-corrected chi connectivity index (χ3v) is 2.98. The van der Waals surface area contributed by atoms with Crippen LogP contribution in [0.15, 0.2) is 0 Å². The van der Waals surface area contributed by atoms with Gasteiger partial charge in [0, 0.05) is 5.75 Å². The van der Waals surface area contributed by atoms with Crippen LogP contribution in [0.25, 0.3) is 0 Å². The van der Waals surface area contributed by atoms with Crippen molar-refractivity contribution in [3.05, 3.63) is 0 Å². The van der Waals surface area contributed by atoms with Crippen LogP contribution in [0.2, 0.25) is 0 Å². The van der Waals surface area contributed by atoms with E-state index in [1.54, 1.807) is 0 Å². The highest BCUT2D eigenvalue weighted by Crippen LogP contribution is 2.27. The molecule has 6 heteroatoms. The molecule has 0 aromatic carbocycles. The lowest BCUT2D eigenvalue weighted by Gasteiger charge is -2.16. The van der Waals surface area contributed by atoms with Crippen molar-refractivity contribution in [2.45, 2.75) is 31.0 Å². The predicted molar refractivity (Wildman–Crippen MR) is 57.0 cm³/mol. The number of hydrogen-bond acceptors (Lipinski definition) is 2. The Balaban J connectivity index is 3.35. The standard InChI is InChI=1S/C8H14BrF3OS/c1-2-3-5-14-6-4-13-8(11,12)7(9)10/h7H,2-6H2,1H3. The van der Waals surface area contributed by atoms with Crippen LogP contribution in [-0.4, -0.2) is 29.3 Å². The molecule has 0 bridgehead atoms. The molecule has 86 valence electrons. The Labute approximate surface area is 94.9 Å². The van der Waals surface area contributed by atoms with Crippen molar-refractivity contribution in [2.75, 3.05) is 18.1 Å². The highest BCUT2D eigenvalue weighted by molar-refractivity contribution is 9.09. The Morgan fingerprint density at radius 3 is 2.57 bits per heavy atom. The summed E-state index contributed by atoms with van der Waals surface area (Å²) in [5.74, 6) is 1.40. The predicted octanol–water partition coefficient (Wildman–Crippen LogP) is 3.82. The van der Waals surface area contributed by atoms with E-state index in [0.717, 1.165) is 18.6 Å². The number of ether oxygens (including phenoxy) is 1. The molecule has 0 heterocycles. The maximum Gasteiger partial charge on any atom is 0.396 e. The van der Waals surface area contributed by atoms with Crippen LogP contribution in [0.5, 0.6) is 0 Å². The fourth-order valence-corrected chi connectivity index (χ4v) is 1.68. The molecule has 0 amide bonds. The number of hydrogen-bond donors (Lipinski definition) is 0. The van der Waals surface area contributed by atoms with E-state index in [2.05, 4.69) is 27.6 Å². The Kier molecular flexibility index (Phi) is 8.14. The van der Waals surface area contributed by atoms with Crippen molar-refractivity contribution < 1.29 is 17.9 Å². The van der Waals surface area contributed by atoms with E-state index in [0.29, 0.717) is 5.75 Å². The minimum atomic E-state index is -3.72. The first-order chi connectivity index (χ1) is 6.50. The molecule has 14 heavy (non-hydrogen) atoms. The lowest BCUT2D eigenvalue weighted by atomic mass is 10.4. The van der Waals surface area contributed by atoms with Gasteiger partial charge in [-0.25, -0.2) is 4.39 Å². The van der Waals surface area contributed by atoms with Crippen LogP contribution in [0.3, 0.4) is 0 Å². The number of halogens is 4. The van der Waals surface area contributed by atoms with Gasteiger partial charge in [0.1, 0.15) is 0 Å². The van der Waals surface area contributed by atoms with E-state index in [9.17, 15) is 13.2 Å². The molecule has 0 aliphatic heterocycles. The molecule has 0 aromatic rings. The van der Waals surface area contributed by atoms with Gasteiger partial charge >= 0.3 is 6.11 Å². The molecule has 0 fully saturated rings. The van der Waals surface area contributed by atoms with E-state index in [-0.39, 0.29) is 6.61 Å². The van der Waals surface area contributed by atoms with E-state index >= 15 is 0 Å². The first kappa shape index (κ1) is 14.6. The summed E-state index contributed by atoms with van der Waals surface area (Å²) < 4.78 is 41.2. The minimum Gasteiger partial charge on any atom is -0.317 e. The second-order valence-electron chi connectivity index (χ2n) is 2.68. The van der Waals surface area contributed by atoms with Gasteiger partial charge in [-0.2, -0.15) is 20.5 Å². The van der Waals surface area contributed by atoms with Gasteiger partial charge in [-0.1, -0.05) is 13.3 Å². The van der Waals surface area contributed by atoms with Crippen molar-refractivity contribution in [1.29, 1.82) is 0 Å². The van der Waals surface area contributed by atoms with Crippen molar-refractivity contribution >= 4 is 27.7 Å². The molecule has 0 saturated carbocycles. The summed E-state index contributed by atoms with van der Waals surface area (Å²) in [5.41, 5.74) is 0. The van der Waals surface area contributed by atoms with E-state index in [1.165, 1.54) is 11.8 Å². The first-order valence-electron chi connectivity index (χ1n) is 4.38. The summed E-state index contributed by atoms with van der Waals surface area (Å²) in [5, 5.41) is -2.43. The largest absolute Gasteiger partial charge is 0.396 e. The first-order valence-corrected chi connectivity index (χ1v) is 6.45. The fraction of sp³-hybridized carbons (Fsp3) is 1.00. The summed E-state index contributed by atoms with van der Waals surface area (Å²) in [6, 6.07) is 0. The highest BCUT2D eigenvalue weighted by Gasteiger charge is 2.39. The molecule has 0 saturated heterocycles. The quantitative estimate of drug-likeness (QED) is 0.497. The second-order valence-corrected chi connectivity index (χ2v) is 4.71. The maximum absolute atomic E-state index is 12.5. The van der Waals surface area contributed by atoms with Crippen molar-refractivity contribution in [3.8, 4) is 0 Å². The molecule has 0 aliphatic rings. The summed E-state index contributed by atoms with van der Waals surface area (Å²) in [7, 11) is 0. The van der Waals surface area contributed by atoms with Crippen LogP contribution in [0, 0.1) is 0 Å². The third-order valence-electron chi connectivity index (χ3n) is 1.42. The molecule has 0 N–H and O–H groups in total. The van der Waals surface area contributed by atoms with E-state index < -0.39 is 11.2 Å². The molecule has 0 aliphatic carbocycles. The summed E-state index contributed by atoms with van der Waals surface area (Å²) in [6.45, 7) is 1.93. The molecule has 0 rings (SSSR count). The van der Waals surface area contributed by atoms with E-state index in [4.69, 9.17) is 0 Å². The molecule has 0 spiro atoms. The van der Waals surface area contributed by atoms with Crippen LogP contribution in [-0.2, 0) is 4.74 Å². The molecular formula is C8H14BrF3OS. The van der Waals surface area contributed by atoms with Crippen molar-refractivity contribution in [3.63, 3.8) is 0 Å². The van der Waals surface area contributed by atoms with Gasteiger partial charge in [0.25, 0.3) is 0 Å². The van der Waals surface area contributed by atoms with Gasteiger partial charge in [-0.3, -0.25) is 0 Å². The molecule has 1 unspecified atom stereocenters. The van der Waals surface area contributed by atoms with E-state index in [1.807, 2.05) is 0 Å². The molecule has 1 atom stereocenters.